The predicted octanol–water partition coefficient (Wildman–Crippen LogP) is 9.64. The third kappa shape index (κ3) is 5.44. The van der Waals surface area contributed by atoms with Crippen molar-refractivity contribution in [1.29, 1.82) is 0 Å². The smallest absolute Gasteiger partial charge is 0.0894 e. The first kappa shape index (κ1) is 25.0. The fraction of sp³-hybridized carbons (Fsp3) is 0.250. The minimum Gasteiger partial charge on any atom is -0.304 e. The second kappa shape index (κ2) is 10.3. The van der Waals surface area contributed by atoms with Crippen LogP contribution in [0.15, 0.2) is 72.8 Å². The van der Waals surface area contributed by atoms with Crippen LogP contribution in [0.2, 0.25) is 0 Å². The Morgan fingerprint density at radius 3 is 0.800 bits per heavy atom. The van der Waals surface area contributed by atoms with Gasteiger partial charge in [-0.05, 0) is 102 Å². The fourth-order valence-electron chi connectivity index (χ4n) is 4.80. The van der Waals surface area contributed by atoms with E-state index in [0.717, 1.165) is 0 Å². The van der Waals surface area contributed by atoms with E-state index in [1.807, 2.05) is 0 Å². The summed E-state index contributed by atoms with van der Waals surface area (Å²) in [6.45, 7) is 17.6. The van der Waals surface area contributed by atoms with Crippen LogP contribution in [-0.4, -0.2) is 0 Å². The number of anilines is 4. The molecule has 0 aliphatic heterocycles. The molecule has 0 fully saturated rings. The molecule has 4 aromatic carbocycles. The van der Waals surface area contributed by atoms with Crippen molar-refractivity contribution in [3.8, 4) is 0 Å². The Hall–Kier alpha value is -3.09. The molecule has 3 heteroatoms. The molecule has 0 radical (unpaired) electrons. The Balaban J connectivity index is 1.93. The zero-order chi connectivity index (χ0) is 25.3. The molecule has 2 nitrogen and oxygen atoms in total. The zero-order valence-electron chi connectivity index (χ0n) is 22.3. The molecule has 0 bridgehead atoms. The van der Waals surface area contributed by atoms with Crippen LogP contribution in [0.1, 0.15) is 44.5 Å². The van der Waals surface area contributed by atoms with E-state index in [1.165, 1.54) is 67.3 Å². The van der Waals surface area contributed by atoms with Crippen LogP contribution < -0.4 is 9.34 Å². The van der Waals surface area contributed by atoms with Crippen molar-refractivity contribution in [3.63, 3.8) is 0 Å². The van der Waals surface area contributed by atoms with Crippen LogP contribution in [0.5, 0.6) is 0 Å². The van der Waals surface area contributed by atoms with Gasteiger partial charge in [-0.1, -0.05) is 70.8 Å². The SMILES string of the molecule is Cc1ccc(N(PN(c2ccc(C)cc2C)c2ccc(C)cc2C)c2ccc(C)cc2C)c(C)c1. The van der Waals surface area contributed by atoms with E-state index in [0.29, 0.717) is 8.88 Å². The van der Waals surface area contributed by atoms with Crippen LogP contribution in [0, 0.1) is 55.4 Å². The molecule has 0 aromatic heterocycles. The lowest BCUT2D eigenvalue weighted by atomic mass is 10.1. The molecule has 35 heavy (non-hydrogen) atoms. The lowest BCUT2D eigenvalue weighted by Gasteiger charge is -2.36. The average molecular weight is 481 g/mol. The molecule has 0 aliphatic carbocycles. The maximum Gasteiger partial charge on any atom is 0.0894 e. The molecule has 4 rings (SSSR count). The Morgan fingerprint density at radius 1 is 0.371 bits per heavy atom. The minimum atomic E-state index is 0.364. The van der Waals surface area contributed by atoms with Gasteiger partial charge in [-0.25, -0.2) is 0 Å². The van der Waals surface area contributed by atoms with Crippen LogP contribution in [0.4, 0.5) is 22.7 Å². The summed E-state index contributed by atoms with van der Waals surface area (Å²) in [7, 11) is 0.364. The van der Waals surface area contributed by atoms with E-state index in [4.69, 9.17) is 0 Å². The highest BCUT2D eigenvalue weighted by molar-refractivity contribution is 7.43. The molecule has 4 aromatic rings. The first-order chi connectivity index (χ1) is 16.6. The second-order valence-electron chi connectivity index (χ2n) is 9.93. The molecule has 0 amide bonds. The van der Waals surface area contributed by atoms with Gasteiger partial charge in [0.15, 0.2) is 0 Å². The van der Waals surface area contributed by atoms with Crippen molar-refractivity contribution in [1.82, 2.24) is 0 Å². The number of aryl methyl sites for hydroxylation is 8. The Morgan fingerprint density at radius 2 is 0.600 bits per heavy atom. The van der Waals surface area contributed by atoms with E-state index >= 15 is 0 Å². The lowest BCUT2D eigenvalue weighted by Crippen LogP contribution is -2.18. The molecule has 0 N–H and O–H groups in total. The summed E-state index contributed by atoms with van der Waals surface area (Å²) < 4.78 is 5.00. The van der Waals surface area contributed by atoms with E-state index in [-0.39, 0.29) is 0 Å². The molecule has 0 unspecified atom stereocenters. The summed E-state index contributed by atoms with van der Waals surface area (Å²) in [5.74, 6) is 0. The van der Waals surface area contributed by atoms with Crippen molar-refractivity contribution >= 4 is 31.6 Å². The van der Waals surface area contributed by atoms with E-state index in [1.54, 1.807) is 0 Å². The van der Waals surface area contributed by atoms with Crippen molar-refractivity contribution in [2.75, 3.05) is 9.34 Å². The summed E-state index contributed by atoms with van der Waals surface area (Å²) in [6.07, 6.45) is 0. The lowest BCUT2D eigenvalue weighted by molar-refractivity contribution is 1.25. The molecule has 180 valence electrons. The number of hydrogen-bond donors (Lipinski definition) is 0. The van der Waals surface area contributed by atoms with Gasteiger partial charge in [0.2, 0.25) is 0 Å². The quantitative estimate of drug-likeness (QED) is 0.253. The summed E-state index contributed by atoms with van der Waals surface area (Å²) in [5.41, 5.74) is 15.3. The van der Waals surface area contributed by atoms with Crippen LogP contribution in [-0.2, 0) is 0 Å². The standard InChI is InChI=1S/C32H37N2P/c1-21-9-13-29(25(5)17-21)33(30-14-10-22(2)18-26(30)6)35-34(31-15-11-23(3)19-27(31)7)32-16-12-24(4)20-28(32)8/h9-20,35H,1-8H3. The Kier molecular flexibility index (Phi) is 7.33. The van der Waals surface area contributed by atoms with Crippen LogP contribution in [0.3, 0.4) is 0 Å². The topological polar surface area (TPSA) is 6.48 Å². The van der Waals surface area contributed by atoms with Gasteiger partial charge in [0, 0.05) is 22.7 Å². The van der Waals surface area contributed by atoms with Gasteiger partial charge in [0.05, 0.1) is 8.88 Å². The second-order valence-corrected chi connectivity index (χ2v) is 11.0. The molecule has 0 atom stereocenters. The van der Waals surface area contributed by atoms with Gasteiger partial charge in [-0.2, -0.15) is 0 Å². The van der Waals surface area contributed by atoms with Crippen molar-refractivity contribution in [2.45, 2.75) is 55.4 Å². The normalized spacial score (nSPS) is 11.0. The van der Waals surface area contributed by atoms with E-state index < -0.39 is 0 Å². The fourth-order valence-corrected chi connectivity index (χ4v) is 6.43. The maximum atomic E-state index is 2.50. The van der Waals surface area contributed by atoms with Gasteiger partial charge in [-0.3, -0.25) is 0 Å². The highest BCUT2D eigenvalue weighted by Gasteiger charge is 2.22. The zero-order valence-corrected chi connectivity index (χ0v) is 23.3. The average Bonchev–Trinajstić information content (AvgIpc) is 2.77. The largest absolute Gasteiger partial charge is 0.304 e. The van der Waals surface area contributed by atoms with E-state index in [2.05, 4.69) is 138 Å². The minimum absolute atomic E-state index is 0.364. The van der Waals surface area contributed by atoms with Gasteiger partial charge in [0.1, 0.15) is 0 Å². The summed E-state index contributed by atoms with van der Waals surface area (Å²) in [6, 6.07) is 27.2. The maximum absolute atomic E-state index is 2.50. The van der Waals surface area contributed by atoms with Crippen LogP contribution in [0.25, 0.3) is 0 Å². The highest BCUT2D eigenvalue weighted by Crippen LogP contribution is 2.48. The number of nitrogens with zero attached hydrogens (tertiary/aromatic N) is 2. The number of benzene rings is 4. The molecule has 0 spiro atoms. The van der Waals surface area contributed by atoms with Crippen molar-refractivity contribution in [3.05, 3.63) is 117 Å². The highest BCUT2D eigenvalue weighted by atomic mass is 31.1. The van der Waals surface area contributed by atoms with Gasteiger partial charge < -0.3 is 9.34 Å². The monoisotopic (exact) mass is 480 g/mol. The summed E-state index contributed by atoms with van der Waals surface area (Å²) in [5, 5.41) is 0. The first-order valence-electron chi connectivity index (χ1n) is 12.3. The summed E-state index contributed by atoms with van der Waals surface area (Å²) >= 11 is 0. The molecule has 0 saturated heterocycles. The number of rotatable bonds is 6. The van der Waals surface area contributed by atoms with Crippen LogP contribution >= 0.6 is 8.88 Å². The Labute approximate surface area is 213 Å². The van der Waals surface area contributed by atoms with E-state index in [9.17, 15) is 0 Å². The first-order valence-corrected chi connectivity index (χ1v) is 13.2. The third-order valence-corrected chi connectivity index (χ3v) is 7.94. The Bertz CT molecular complexity index is 1160. The molecule has 0 heterocycles. The predicted molar refractivity (Wildman–Crippen MR) is 156 cm³/mol. The van der Waals surface area contributed by atoms with Gasteiger partial charge in [0.25, 0.3) is 0 Å². The van der Waals surface area contributed by atoms with Gasteiger partial charge >= 0.3 is 0 Å². The molecular formula is C32H37N2P. The van der Waals surface area contributed by atoms with Gasteiger partial charge in [-0.15, -0.1) is 0 Å². The molecule has 0 aliphatic rings. The summed E-state index contributed by atoms with van der Waals surface area (Å²) in [4.78, 5) is 0. The van der Waals surface area contributed by atoms with Crippen molar-refractivity contribution in [2.24, 2.45) is 0 Å². The molecule has 0 saturated carbocycles. The molecular weight excluding hydrogens is 443 g/mol. The third-order valence-electron chi connectivity index (χ3n) is 6.57. The van der Waals surface area contributed by atoms with Crippen molar-refractivity contribution < 1.29 is 0 Å². The number of hydrogen-bond acceptors (Lipinski definition) is 2.